The Bertz CT molecular complexity index is 642. The van der Waals surface area contributed by atoms with Crippen LogP contribution < -0.4 is 10.1 Å². The summed E-state index contributed by atoms with van der Waals surface area (Å²) in [4.78, 5) is 27.2. The summed E-state index contributed by atoms with van der Waals surface area (Å²) in [5.41, 5.74) is 0.505. The third kappa shape index (κ3) is 3.97. The molecule has 5 heteroatoms. The standard InChI is InChI=1S/C20H28N2O3/c1-20(10-5-11-22(14-20)18(23)16-7-4-8-16)19(24)21-13-15-6-3-9-17(12-15)25-2/h3,6,9,12,16H,4-5,7-8,10-11,13-14H2,1-2H3,(H,21,24). The lowest BCUT2D eigenvalue weighted by molar-refractivity contribution is -0.145. The second-order valence-corrected chi connectivity index (χ2v) is 7.59. The van der Waals surface area contributed by atoms with Crippen LogP contribution in [0.15, 0.2) is 24.3 Å². The molecule has 1 aromatic carbocycles. The van der Waals surface area contributed by atoms with Crippen LogP contribution in [0.4, 0.5) is 0 Å². The van der Waals surface area contributed by atoms with E-state index in [0.29, 0.717) is 13.1 Å². The van der Waals surface area contributed by atoms with Gasteiger partial charge in [-0.25, -0.2) is 0 Å². The van der Waals surface area contributed by atoms with Crippen LogP contribution >= 0.6 is 0 Å². The average molecular weight is 344 g/mol. The molecule has 1 heterocycles. The van der Waals surface area contributed by atoms with Crippen LogP contribution in [-0.4, -0.2) is 36.9 Å². The highest BCUT2D eigenvalue weighted by Crippen LogP contribution is 2.34. The first-order valence-corrected chi connectivity index (χ1v) is 9.22. The highest BCUT2D eigenvalue weighted by Gasteiger charge is 2.41. The predicted molar refractivity (Wildman–Crippen MR) is 96.1 cm³/mol. The number of piperidine rings is 1. The molecule has 0 bridgehead atoms. The van der Waals surface area contributed by atoms with E-state index < -0.39 is 5.41 Å². The van der Waals surface area contributed by atoms with Gasteiger partial charge in [-0.05, 0) is 50.3 Å². The lowest BCUT2D eigenvalue weighted by Gasteiger charge is -2.41. The van der Waals surface area contributed by atoms with Crippen molar-refractivity contribution in [3.63, 3.8) is 0 Å². The molecule has 1 saturated carbocycles. The van der Waals surface area contributed by atoms with Crippen molar-refractivity contribution in [2.45, 2.75) is 45.6 Å². The molecule has 1 aliphatic heterocycles. The first-order valence-electron chi connectivity index (χ1n) is 9.22. The summed E-state index contributed by atoms with van der Waals surface area (Å²) in [5, 5.41) is 3.04. The van der Waals surface area contributed by atoms with E-state index in [1.807, 2.05) is 36.1 Å². The molecule has 2 amide bonds. The zero-order valence-corrected chi connectivity index (χ0v) is 15.2. The van der Waals surface area contributed by atoms with Crippen molar-refractivity contribution in [1.82, 2.24) is 10.2 Å². The van der Waals surface area contributed by atoms with E-state index in [0.717, 1.165) is 50.0 Å². The Labute approximate surface area is 149 Å². The van der Waals surface area contributed by atoms with Gasteiger partial charge in [0.15, 0.2) is 0 Å². The Hall–Kier alpha value is -2.04. The highest BCUT2D eigenvalue weighted by molar-refractivity contribution is 5.85. The normalized spacial score (nSPS) is 23.7. The maximum Gasteiger partial charge on any atom is 0.227 e. The Morgan fingerprint density at radius 1 is 1.32 bits per heavy atom. The number of hydrogen-bond donors (Lipinski definition) is 1. The van der Waals surface area contributed by atoms with Gasteiger partial charge in [-0.1, -0.05) is 18.6 Å². The zero-order chi connectivity index (χ0) is 17.9. The van der Waals surface area contributed by atoms with Crippen LogP contribution in [0.1, 0.15) is 44.6 Å². The Morgan fingerprint density at radius 2 is 2.12 bits per heavy atom. The number of ether oxygens (including phenoxy) is 1. The van der Waals surface area contributed by atoms with Crippen molar-refractivity contribution in [3.8, 4) is 5.75 Å². The van der Waals surface area contributed by atoms with Crippen LogP contribution in [0.3, 0.4) is 0 Å². The first-order chi connectivity index (χ1) is 12.0. The minimum atomic E-state index is -0.503. The van der Waals surface area contributed by atoms with E-state index in [9.17, 15) is 9.59 Å². The van der Waals surface area contributed by atoms with Gasteiger partial charge in [0.2, 0.25) is 11.8 Å². The fourth-order valence-electron chi connectivity index (χ4n) is 3.70. The molecule has 1 atom stereocenters. The third-order valence-corrected chi connectivity index (χ3v) is 5.60. The number of nitrogens with zero attached hydrogens (tertiary/aromatic N) is 1. The largest absolute Gasteiger partial charge is 0.497 e. The SMILES string of the molecule is COc1cccc(CNC(=O)C2(C)CCCN(C(=O)C3CCC3)C2)c1. The Balaban J connectivity index is 1.58. The fourth-order valence-corrected chi connectivity index (χ4v) is 3.70. The lowest BCUT2D eigenvalue weighted by atomic mass is 9.79. The van der Waals surface area contributed by atoms with Crippen molar-refractivity contribution < 1.29 is 14.3 Å². The molecule has 136 valence electrons. The summed E-state index contributed by atoms with van der Waals surface area (Å²) in [7, 11) is 1.63. The summed E-state index contributed by atoms with van der Waals surface area (Å²) in [5.74, 6) is 1.26. The fraction of sp³-hybridized carbons (Fsp3) is 0.600. The van der Waals surface area contributed by atoms with Crippen molar-refractivity contribution in [2.24, 2.45) is 11.3 Å². The van der Waals surface area contributed by atoms with E-state index in [2.05, 4.69) is 5.32 Å². The average Bonchev–Trinajstić information content (AvgIpc) is 2.58. The number of hydrogen-bond acceptors (Lipinski definition) is 3. The van der Waals surface area contributed by atoms with E-state index in [1.54, 1.807) is 7.11 Å². The van der Waals surface area contributed by atoms with E-state index in [1.165, 1.54) is 0 Å². The molecule has 0 spiro atoms. The summed E-state index contributed by atoms with van der Waals surface area (Å²) in [6.07, 6.45) is 4.89. The van der Waals surface area contributed by atoms with Gasteiger partial charge in [0.25, 0.3) is 0 Å². The van der Waals surface area contributed by atoms with Crippen molar-refractivity contribution in [1.29, 1.82) is 0 Å². The van der Waals surface area contributed by atoms with Gasteiger partial charge in [0.1, 0.15) is 5.75 Å². The maximum absolute atomic E-state index is 12.8. The Kier molecular flexibility index (Phi) is 5.30. The number of nitrogens with one attached hydrogen (secondary N) is 1. The van der Waals surface area contributed by atoms with Gasteiger partial charge < -0.3 is 15.0 Å². The molecule has 1 aromatic rings. The molecule has 0 aromatic heterocycles. The zero-order valence-electron chi connectivity index (χ0n) is 15.2. The second kappa shape index (κ2) is 7.46. The van der Waals surface area contributed by atoms with Crippen molar-refractivity contribution >= 4 is 11.8 Å². The predicted octanol–water partition coefficient (Wildman–Crippen LogP) is 2.74. The van der Waals surface area contributed by atoms with Crippen LogP contribution in [0.25, 0.3) is 0 Å². The number of benzene rings is 1. The highest BCUT2D eigenvalue weighted by atomic mass is 16.5. The molecule has 3 rings (SSSR count). The van der Waals surface area contributed by atoms with Gasteiger partial charge >= 0.3 is 0 Å². The molecular formula is C20H28N2O3. The molecule has 2 aliphatic rings. The number of likely N-dealkylation sites (tertiary alicyclic amines) is 1. The molecule has 1 unspecified atom stereocenters. The van der Waals surface area contributed by atoms with Gasteiger partial charge in [-0.15, -0.1) is 0 Å². The summed E-state index contributed by atoms with van der Waals surface area (Å²) < 4.78 is 5.22. The van der Waals surface area contributed by atoms with Crippen LogP contribution in [-0.2, 0) is 16.1 Å². The van der Waals surface area contributed by atoms with E-state index in [-0.39, 0.29) is 17.7 Å². The molecule has 0 radical (unpaired) electrons. The molecule has 5 nitrogen and oxygen atoms in total. The Morgan fingerprint density at radius 3 is 2.80 bits per heavy atom. The number of amides is 2. The number of carbonyl (C=O) groups is 2. The number of methoxy groups -OCH3 is 1. The summed E-state index contributed by atoms with van der Waals surface area (Å²) in [6.45, 7) is 3.77. The van der Waals surface area contributed by atoms with E-state index in [4.69, 9.17) is 4.74 Å². The number of rotatable bonds is 5. The molecule has 25 heavy (non-hydrogen) atoms. The molecule has 2 fully saturated rings. The van der Waals surface area contributed by atoms with Gasteiger partial charge in [0.05, 0.1) is 12.5 Å². The van der Waals surface area contributed by atoms with Crippen LogP contribution in [0.2, 0.25) is 0 Å². The molecular weight excluding hydrogens is 316 g/mol. The van der Waals surface area contributed by atoms with Crippen LogP contribution in [0.5, 0.6) is 5.75 Å². The van der Waals surface area contributed by atoms with Crippen LogP contribution in [0, 0.1) is 11.3 Å². The third-order valence-electron chi connectivity index (χ3n) is 5.60. The smallest absolute Gasteiger partial charge is 0.227 e. The maximum atomic E-state index is 12.8. The number of carbonyl (C=O) groups excluding carboxylic acids is 2. The van der Waals surface area contributed by atoms with Gasteiger partial charge in [0, 0.05) is 25.6 Å². The molecule has 1 N–H and O–H groups in total. The topological polar surface area (TPSA) is 58.6 Å². The summed E-state index contributed by atoms with van der Waals surface area (Å²) >= 11 is 0. The summed E-state index contributed by atoms with van der Waals surface area (Å²) in [6, 6.07) is 7.70. The monoisotopic (exact) mass is 344 g/mol. The molecule has 1 aliphatic carbocycles. The first kappa shape index (κ1) is 17.8. The second-order valence-electron chi connectivity index (χ2n) is 7.59. The minimum Gasteiger partial charge on any atom is -0.497 e. The van der Waals surface area contributed by atoms with Gasteiger partial charge in [-0.2, -0.15) is 0 Å². The van der Waals surface area contributed by atoms with E-state index >= 15 is 0 Å². The van der Waals surface area contributed by atoms with Crippen molar-refractivity contribution in [2.75, 3.05) is 20.2 Å². The lowest BCUT2D eigenvalue weighted by Crippen LogP contribution is -2.53. The van der Waals surface area contributed by atoms with Gasteiger partial charge in [-0.3, -0.25) is 9.59 Å². The minimum absolute atomic E-state index is 0.0291. The van der Waals surface area contributed by atoms with Crippen molar-refractivity contribution in [3.05, 3.63) is 29.8 Å². The quantitative estimate of drug-likeness (QED) is 0.893. The molecule has 1 saturated heterocycles.